The standard InChI is InChI=1S/C24H27FN4O4S2/c1-3-6-21(30)19-13-18(14-26)22(27-24(19)34-2)29-11-9-16(10-12-29)23(31)28-35(32,33)15-17-7-4-5-8-20(17)25/h4-5,7-8,13,16H,3,6,9-12,15H2,1-2H3,(H,28,31). The Bertz CT molecular complexity index is 1250. The summed E-state index contributed by atoms with van der Waals surface area (Å²) in [6.07, 6.45) is 3.61. The number of nitrogens with one attached hydrogen (secondary N) is 1. The summed E-state index contributed by atoms with van der Waals surface area (Å²) in [6, 6.07) is 9.23. The number of anilines is 1. The average molecular weight is 519 g/mol. The first-order valence-corrected chi connectivity index (χ1v) is 14.1. The zero-order valence-corrected chi connectivity index (χ0v) is 21.2. The van der Waals surface area contributed by atoms with Crippen LogP contribution >= 0.6 is 11.8 Å². The lowest BCUT2D eigenvalue weighted by Gasteiger charge is -2.32. The molecule has 186 valence electrons. The summed E-state index contributed by atoms with van der Waals surface area (Å²) in [7, 11) is -4.05. The van der Waals surface area contributed by atoms with E-state index in [0.717, 1.165) is 0 Å². The van der Waals surface area contributed by atoms with E-state index in [0.29, 0.717) is 55.2 Å². The highest BCUT2D eigenvalue weighted by Crippen LogP contribution is 2.30. The highest BCUT2D eigenvalue weighted by molar-refractivity contribution is 7.98. The number of nitrogens with zero attached hydrogens (tertiary/aromatic N) is 3. The highest BCUT2D eigenvalue weighted by Gasteiger charge is 2.30. The molecule has 0 atom stereocenters. The lowest BCUT2D eigenvalue weighted by Crippen LogP contribution is -2.43. The van der Waals surface area contributed by atoms with Crippen LogP contribution in [0.5, 0.6) is 0 Å². The number of hydrogen-bond donors (Lipinski definition) is 1. The average Bonchev–Trinajstić information content (AvgIpc) is 2.84. The molecule has 1 N–H and O–H groups in total. The van der Waals surface area contributed by atoms with Gasteiger partial charge in [0.15, 0.2) is 5.78 Å². The van der Waals surface area contributed by atoms with E-state index < -0.39 is 33.4 Å². The fourth-order valence-electron chi connectivity index (χ4n) is 3.97. The van der Waals surface area contributed by atoms with E-state index in [2.05, 4.69) is 15.8 Å². The molecule has 0 radical (unpaired) electrons. The molecule has 1 aromatic heterocycles. The molecule has 1 aliphatic heterocycles. The van der Waals surface area contributed by atoms with Crippen LogP contribution in [0.4, 0.5) is 10.2 Å². The molecule has 2 aromatic rings. The largest absolute Gasteiger partial charge is 0.355 e. The van der Waals surface area contributed by atoms with Gasteiger partial charge < -0.3 is 4.90 Å². The smallest absolute Gasteiger partial charge is 0.239 e. The Morgan fingerprint density at radius 3 is 2.57 bits per heavy atom. The van der Waals surface area contributed by atoms with Crippen LogP contribution in [0.3, 0.4) is 0 Å². The SMILES string of the molecule is CCCC(=O)c1cc(C#N)c(N2CCC(C(=O)NS(=O)(=O)Cc3ccccc3F)CC2)nc1SC. The predicted octanol–water partition coefficient (Wildman–Crippen LogP) is 3.66. The summed E-state index contributed by atoms with van der Waals surface area (Å²) >= 11 is 1.33. The maximum atomic E-state index is 13.8. The number of rotatable bonds is 9. The number of Topliss-reactive ketones (excluding diaryl/α,β-unsaturated/α-hetero) is 1. The van der Waals surface area contributed by atoms with Gasteiger partial charge in [-0.05, 0) is 37.7 Å². The number of sulfonamides is 1. The minimum Gasteiger partial charge on any atom is -0.355 e. The van der Waals surface area contributed by atoms with Gasteiger partial charge in [-0.25, -0.2) is 17.8 Å². The van der Waals surface area contributed by atoms with Crippen molar-refractivity contribution < 1.29 is 22.4 Å². The van der Waals surface area contributed by atoms with E-state index in [4.69, 9.17) is 0 Å². The fraction of sp³-hybridized carbons (Fsp3) is 0.417. The molecule has 35 heavy (non-hydrogen) atoms. The Morgan fingerprint density at radius 1 is 1.29 bits per heavy atom. The zero-order valence-electron chi connectivity index (χ0n) is 19.6. The van der Waals surface area contributed by atoms with Crippen molar-refractivity contribution in [3.8, 4) is 6.07 Å². The van der Waals surface area contributed by atoms with Gasteiger partial charge in [-0.1, -0.05) is 25.1 Å². The van der Waals surface area contributed by atoms with E-state index in [1.54, 1.807) is 6.07 Å². The summed E-state index contributed by atoms with van der Waals surface area (Å²) in [5, 5.41) is 10.2. The number of pyridine rings is 1. The molecule has 0 bridgehead atoms. The highest BCUT2D eigenvalue weighted by atomic mass is 32.2. The first kappa shape index (κ1) is 26.6. The zero-order chi connectivity index (χ0) is 25.6. The van der Waals surface area contributed by atoms with Gasteiger partial charge in [-0.3, -0.25) is 14.3 Å². The predicted molar refractivity (Wildman–Crippen MR) is 132 cm³/mol. The Morgan fingerprint density at radius 2 is 1.97 bits per heavy atom. The number of aromatic nitrogens is 1. The summed E-state index contributed by atoms with van der Waals surface area (Å²) < 4.78 is 40.7. The van der Waals surface area contributed by atoms with Gasteiger partial charge in [0.05, 0.1) is 16.9 Å². The number of hydrogen-bond acceptors (Lipinski definition) is 8. The van der Waals surface area contributed by atoms with E-state index in [-0.39, 0.29) is 16.9 Å². The summed E-state index contributed by atoms with van der Waals surface area (Å²) in [5.41, 5.74) is 0.717. The van der Waals surface area contributed by atoms with Crippen molar-refractivity contribution in [1.82, 2.24) is 9.71 Å². The Hall–Kier alpha value is -2.97. The van der Waals surface area contributed by atoms with Crippen LogP contribution in [-0.4, -0.2) is 44.4 Å². The van der Waals surface area contributed by atoms with Crippen LogP contribution in [0.1, 0.15) is 54.1 Å². The molecule has 3 rings (SSSR count). The second-order valence-electron chi connectivity index (χ2n) is 8.28. The van der Waals surface area contributed by atoms with Crippen molar-refractivity contribution in [1.29, 1.82) is 5.26 Å². The number of carbonyl (C=O) groups is 2. The van der Waals surface area contributed by atoms with Crippen LogP contribution in [0.15, 0.2) is 35.4 Å². The van der Waals surface area contributed by atoms with Crippen molar-refractivity contribution in [2.75, 3.05) is 24.2 Å². The van der Waals surface area contributed by atoms with Crippen LogP contribution in [0, 0.1) is 23.1 Å². The minimum atomic E-state index is -4.05. The molecule has 0 spiro atoms. The number of thioether (sulfide) groups is 1. The molecule has 2 heterocycles. The van der Waals surface area contributed by atoms with Gasteiger partial charge in [0.25, 0.3) is 0 Å². The topological polar surface area (TPSA) is 120 Å². The fourth-order valence-corrected chi connectivity index (χ4v) is 5.73. The third kappa shape index (κ3) is 6.58. The summed E-state index contributed by atoms with van der Waals surface area (Å²) in [5.74, 6) is -2.04. The normalized spacial score (nSPS) is 14.4. The molecule has 8 nitrogen and oxygen atoms in total. The molecule has 11 heteroatoms. The molecule has 1 aliphatic rings. The van der Waals surface area contributed by atoms with Crippen molar-refractivity contribution in [2.24, 2.45) is 5.92 Å². The molecule has 1 aromatic carbocycles. The van der Waals surface area contributed by atoms with Gasteiger partial charge in [0.2, 0.25) is 15.9 Å². The molecule has 0 aliphatic carbocycles. The van der Waals surface area contributed by atoms with Crippen LogP contribution < -0.4 is 9.62 Å². The summed E-state index contributed by atoms with van der Waals surface area (Å²) in [6.45, 7) is 2.70. The summed E-state index contributed by atoms with van der Waals surface area (Å²) in [4.78, 5) is 31.5. The van der Waals surface area contributed by atoms with Gasteiger partial charge in [-0.15, -0.1) is 11.8 Å². The quantitative estimate of drug-likeness (QED) is 0.394. The van der Waals surface area contributed by atoms with Gasteiger partial charge in [0.1, 0.15) is 22.7 Å². The third-order valence-electron chi connectivity index (χ3n) is 5.78. The van der Waals surface area contributed by atoms with E-state index in [1.807, 2.05) is 18.1 Å². The molecule has 1 saturated heterocycles. The van der Waals surface area contributed by atoms with Crippen molar-refractivity contribution in [2.45, 2.75) is 43.4 Å². The van der Waals surface area contributed by atoms with Crippen LogP contribution in [0.25, 0.3) is 0 Å². The number of piperidine rings is 1. The Kier molecular flexibility index (Phi) is 8.86. The molecular formula is C24H27FN4O4S2. The van der Waals surface area contributed by atoms with Gasteiger partial charge in [-0.2, -0.15) is 5.26 Å². The Balaban J connectivity index is 1.68. The minimum absolute atomic E-state index is 0.0109. The lowest BCUT2D eigenvalue weighted by atomic mass is 9.96. The molecular weight excluding hydrogens is 491 g/mol. The number of carbonyl (C=O) groups excluding carboxylic acids is 2. The first-order chi connectivity index (χ1) is 16.7. The molecule has 1 fully saturated rings. The molecule has 0 saturated carbocycles. The van der Waals surface area contributed by atoms with Crippen LogP contribution in [0.2, 0.25) is 0 Å². The van der Waals surface area contributed by atoms with Crippen molar-refractivity contribution in [3.63, 3.8) is 0 Å². The first-order valence-electron chi connectivity index (χ1n) is 11.2. The van der Waals surface area contributed by atoms with Gasteiger partial charge in [0, 0.05) is 31.0 Å². The number of ketones is 1. The van der Waals surface area contributed by atoms with Crippen LogP contribution in [-0.2, 0) is 20.6 Å². The number of nitriles is 1. The Labute approximate surface area is 209 Å². The maximum Gasteiger partial charge on any atom is 0.239 e. The van der Waals surface area contributed by atoms with E-state index in [9.17, 15) is 27.7 Å². The lowest BCUT2D eigenvalue weighted by molar-refractivity contribution is -0.123. The van der Waals surface area contributed by atoms with E-state index >= 15 is 0 Å². The second-order valence-corrected chi connectivity index (χ2v) is 10.8. The van der Waals surface area contributed by atoms with E-state index in [1.165, 1.54) is 36.0 Å². The van der Waals surface area contributed by atoms with Crippen molar-refractivity contribution >= 4 is 39.3 Å². The number of benzene rings is 1. The van der Waals surface area contributed by atoms with Gasteiger partial charge >= 0.3 is 0 Å². The molecule has 0 unspecified atom stereocenters. The van der Waals surface area contributed by atoms with Crippen molar-refractivity contribution in [3.05, 3.63) is 52.8 Å². The number of amides is 1. The third-order valence-corrected chi connectivity index (χ3v) is 7.68. The monoisotopic (exact) mass is 518 g/mol. The number of halogens is 1. The second kappa shape index (κ2) is 11.6. The maximum absolute atomic E-state index is 13.8. The molecule has 1 amide bonds.